The van der Waals surface area contributed by atoms with Gasteiger partial charge in [0.2, 0.25) is 0 Å². The number of nitrogens with one attached hydrogen (secondary N) is 4. The molecule has 0 aliphatic heterocycles. The Bertz CT molecular complexity index is 1030. The molecule has 2 atom stereocenters. The minimum Gasteiger partial charge on any atom is -0.367 e. The van der Waals surface area contributed by atoms with Gasteiger partial charge in [-0.1, -0.05) is 11.6 Å². The molecule has 4 rings (SSSR count). The molecule has 4 N–H and O–H groups in total. The first kappa shape index (κ1) is 20.5. The lowest BCUT2D eigenvalue weighted by Gasteiger charge is -2.31. The van der Waals surface area contributed by atoms with Gasteiger partial charge in [0, 0.05) is 41.5 Å². The summed E-state index contributed by atoms with van der Waals surface area (Å²) in [6.45, 7) is 3.91. The number of carbonyl (C=O) groups is 1. The summed E-state index contributed by atoms with van der Waals surface area (Å²) in [4.78, 5) is 24.1. The van der Waals surface area contributed by atoms with Crippen molar-refractivity contribution in [2.75, 3.05) is 5.32 Å². The number of aromatic nitrogens is 3. The van der Waals surface area contributed by atoms with Gasteiger partial charge in [-0.3, -0.25) is 0 Å². The van der Waals surface area contributed by atoms with Gasteiger partial charge in [0.05, 0.1) is 0 Å². The summed E-state index contributed by atoms with van der Waals surface area (Å²) in [6.07, 6.45) is 7.63. The van der Waals surface area contributed by atoms with Crippen molar-refractivity contribution in [1.82, 2.24) is 25.6 Å². The number of pyridine rings is 2. The Balaban J connectivity index is 1.48. The normalized spacial score (nSPS) is 19.1. The van der Waals surface area contributed by atoms with Crippen molar-refractivity contribution in [3.63, 3.8) is 0 Å². The van der Waals surface area contributed by atoms with E-state index in [1.54, 1.807) is 6.20 Å². The van der Waals surface area contributed by atoms with Gasteiger partial charge < -0.3 is 20.9 Å². The van der Waals surface area contributed by atoms with Gasteiger partial charge in [0.15, 0.2) is 0 Å². The van der Waals surface area contributed by atoms with Crippen molar-refractivity contribution in [2.45, 2.75) is 57.7 Å². The molecule has 7 nitrogen and oxygen atoms in total. The van der Waals surface area contributed by atoms with Crippen LogP contribution in [0.2, 0.25) is 5.15 Å². The molecule has 0 radical (unpaired) electrons. The molecule has 0 bridgehead atoms. The van der Waals surface area contributed by atoms with E-state index in [9.17, 15) is 4.79 Å². The number of hydrogen-bond acceptors (Lipinski definition) is 4. The molecule has 158 valence electrons. The molecule has 3 heterocycles. The van der Waals surface area contributed by atoms with Crippen LogP contribution in [0.1, 0.15) is 39.5 Å². The number of urea groups is 1. The first-order valence-electron chi connectivity index (χ1n) is 10.4. The van der Waals surface area contributed by atoms with Crippen LogP contribution in [0.4, 0.5) is 10.6 Å². The Morgan fingerprint density at radius 1 is 1.27 bits per heavy atom. The van der Waals surface area contributed by atoms with E-state index in [0.717, 1.165) is 53.7 Å². The summed E-state index contributed by atoms with van der Waals surface area (Å²) in [7, 11) is 0. The highest BCUT2D eigenvalue weighted by atomic mass is 35.5. The lowest BCUT2D eigenvalue weighted by molar-refractivity contribution is 0.229. The lowest BCUT2D eigenvalue weighted by atomic mass is 9.91. The maximum atomic E-state index is 12.0. The largest absolute Gasteiger partial charge is 0.367 e. The van der Waals surface area contributed by atoms with E-state index in [1.807, 2.05) is 44.3 Å². The number of aromatic amines is 1. The average molecular weight is 427 g/mol. The fourth-order valence-corrected chi connectivity index (χ4v) is 4.28. The Hall–Kier alpha value is -2.80. The predicted octanol–water partition coefficient (Wildman–Crippen LogP) is 4.71. The van der Waals surface area contributed by atoms with Crippen LogP contribution in [0.15, 0.2) is 36.7 Å². The molecular formula is C22H27ClN6O. The second kappa shape index (κ2) is 8.92. The summed E-state index contributed by atoms with van der Waals surface area (Å²) < 4.78 is 0. The predicted molar refractivity (Wildman–Crippen MR) is 121 cm³/mol. The van der Waals surface area contributed by atoms with Crippen LogP contribution in [0.5, 0.6) is 0 Å². The topological polar surface area (TPSA) is 94.7 Å². The average Bonchev–Trinajstić information content (AvgIpc) is 3.11. The van der Waals surface area contributed by atoms with Crippen molar-refractivity contribution < 1.29 is 4.79 Å². The number of fused-ring (bicyclic) bond motifs is 1. The Kier molecular flexibility index (Phi) is 6.08. The number of amides is 2. The van der Waals surface area contributed by atoms with E-state index in [4.69, 9.17) is 11.6 Å². The Labute approximate surface area is 181 Å². The maximum Gasteiger partial charge on any atom is 0.315 e. The third kappa shape index (κ3) is 4.84. The van der Waals surface area contributed by atoms with Gasteiger partial charge in [-0.05, 0) is 69.4 Å². The van der Waals surface area contributed by atoms with Crippen molar-refractivity contribution in [1.29, 1.82) is 0 Å². The van der Waals surface area contributed by atoms with Gasteiger partial charge in [0.1, 0.15) is 16.6 Å². The molecule has 8 heteroatoms. The summed E-state index contributed by atoms with van der Waals surface area (Å²) in [5.74, 6) is 0.744. The lowest BCUT2D eigenvalue weighted by Crippen LogP contribution is -2.47. The van der Waals surface area contributed by atoms with Crippen LogP contribution < -0.4 is 16.0 Å². The van der Waals surface area contributed by atoms with Gasteiger partial charge in [-0.25, -0.2) is 14.8 Å². The van der Waals surface area contributed by atoms with Crippen LogP contribution in [0, 0.1) is 0 Å². The molecular weight excluding hydrogens is 400 g/mol. The highest BCUT2D eigenvalue weighted by molar-refractivity contribution is 6.29. The second-order valence-electron chi connectivity index (χ2n) is 8.14. The van der Waals surface area contributed by atoms with Crippen LogP contribution in [0.3, 0.4) is 0 Å². The Morgan fingerprint density at radius 2 is 2.10 bits per heavy atom. The highest BCUT2D eigenvalue weighted by Crippen LogP contribution is 2.31. The zero-order chi connectivity index (χ0) is 21.1. The number of halogens is 1. The number of anilines is 1. The smallest absolute Gasteiger partial charge is 0.315 e. The SMILES string of the molecule is CC(C)NC(=O)NC1CCCC(Nc2cc(-c3c[nH]c4ncccc34)cc(Cl)n2)C1. The molecule has 1 fully saturated rings. The first-order valence-corrected chi connectivity index (χ1v) is 10.8. The van der Waals surface area contributed by atoms with Crippen molar-refractivity contribution in [3.8, 4) is 11.1 Å². The molecule has 1 saturated carbocycles. The summed E-state index contributed by atoms with van der Waals surface area (Å²) in [5, 5.41) is 11.0. The van der Waals surface area contributed by atoms with Crippen LogP contribution in [-0.2, 0) is 0 Å². The van der Waals surface area contributed by atoms with Gasteiger partial charge in [0.25, 0.3) is 0 Å². The summed E-state index contributed by atoms with van der Waals surface area (Å²) >= 11 is 6.34. The van der Waals surface area contributed by atoms with Gasteiger partial charge in [-0.15, -0.1) is 0 Å². The first-order chi connectivity index (χ1) is 14.5. The molecule has 2 amide bonds. The van der Waals surface area contributed by atoms with E-state index in [0.29, 0.717) is 5.15 Å². The number of nitrogens with zero attached hydrogens (tertiary/aromatic N) is 2. The third-order valence-electron chi connectivity index (χ3n) is 5.34. The van der Waals surface area contributed by atoms with Crippen molar-refractivity contribution in [2.24, 2.45) is 0 Å². The number of carbonyl (C=O) groups excluding carboxylic acids is 1. The minimum absolute atomic E-state index is 0.105. The number of rotatable bonds is 5. The molecule has 2 unspecified atom stereocenters. The zero-order valence-corrected chi connectivity index (χ0v) is 18.0. The van der Waals surface area contributed by atoms with E-state index < -0.39 is 0 Å². The van der Waals surface area contributed by atoms with Gasteiger partial charge >= 0.3 is 6.03 Å². The standard InChI is InChI=1S/C22H27ClN6O/c1-13(2)26-22(30)28-16-6-3-5-15(11-16)27-20-10-14(9-19(23)29-20)18-12-25-21-17(18)7-4-8-24-21/h4,7-10,12-13,15-16H,3,5-6,11H2,1-2H3,(H,24,25)(H,27,29)(H2,26,28,30). The minimum atomic E-state index is -0.105. The van der Waals surface area contributed by atoms with Crippen LogP contribution in [0.25, 0.3) is 22.2 Å². The molecule has 0 spiro atoms. The summed E-state index contributed by atoms with van der Waals surface area (Å²) in [5.41, 5.74) is 2.87. The Morgan fingerprint density at radius 3 is 2.93 bits per heavy atom. The fraction of sp³-hybridized carbons (Fsp3) is 0.409. The maximum absolute atomic E-state index is 12.0. The quantitative estimate of drug-likeness (QED) is 0.444. The molecule has 30 heavy (non-hydrogen) atoms. The van der Waals surface area contributed by atoms with Gasteiger partial charge in [-0.2, -0.15) is 0 Å². The monoisotopic (exact) mass is 426 g/mol. The third-order valence-corrected chi connectivity index (χ3v) is 5.53. The van der Waals surface area contributed by atoms with E-state index in [2.05, 4.69) is 30.9 Å². The van der Waals surface area contributed by atoms with Crippen molar-refractivity contribution >= 4 is 34.5 Å². The summed E-state index contributed by atoms with van der Waals surface area (Å²) in [6, 6.07) is 8.23. The molecule has 0 saturated heterocycles. The van der Waals surface area contributed by atoms with E-state index >= 15 is 0 Å². The molecule has 1 aliphatic rings. The number of hydrogen-bond donors (Lipinski definition) is 4. The highest BCUT2D eigenvalue weighted by Gasteiger charge is 2.24. The number of H-pyrrole nitrogens is 1. The van der Waals surface area contributed by atoms with E-state index in [1.165, 1.54) is 0 Å². The van der Waals surface area contributed by atoms with Crippen LogP contribution >= 0.6 is 11.6 Å². The zero-order valence-electron chi connectivity index (χ0n) is 17.2. The molecule has 3 aromatic rings. The fourth-order valence-electron chi connectivity index (χ4n) is 4.07. The van der Waals surface area contributed by atoms with E-state index in [-0.39, 0.29) is 24.2 Å². The van der Waals surface area contributed by atoms with Crippen molar-refractivity contribution in [3.05, 3.63) is 41.8 Å². The molecule has 0 aromatic carbocycles. The molecule has 1 aliphatic carbocycles. The second-order valence-corrected chi connectivity index (χ2v) is 8.53. The molecule has 3 aromatic heterocycles. The van der Waals surface area contributed by atoms with Crippen LogP contribution in [-0.4, -0.2) is 39.1 Å².